The zero-order valence-electron chi connectivity index (χ0n) is 19.1. The molecule has 3 aromatic rings. The van der Waals surface area contributed by atoms with Crippen molar-refractivity contribution in [2.75, 3.05) is 19.1 Å². The van der Waals surface area contributed by atoms with E-state index in [1.165, 1.54) is 20.5 Å². The Bertz CT molecular complexity index is 1380. The topological polar surface area (TPSA) is 89.3 Å². The highest BCUT2D eigenvalue weighted by Crippen LogP contribution is 2.54. The maximum Gasteiger partial charge on any atom is 0.240 e. The van der Waals surface area contributed by atoms with Crippen molar-refractivity contribution in [3.8, 4) is 11.5 Å². The third-order valence-electron chi connectivity index (χ3n) is 7.12. The van der Waals surface area contributed by atoms with Gasteiger partial charge >= 0.3 is 0 Å². The van der Waals surface area contributed by atoms with Gasteiger partial charge < -0.3 is 18.8 Å². The molecule has 0 bridgehead atoms. The molecule has 0 saturated carbocycles. The average Bonchev–Trinajstić information content (AvgIpc) is 3.60. The van der Waals surface area contributed by atoms with Crippen LogP contribution in [0.1, 0.15) is 27.7 Å². The summed E-state index contributed by atoms with van der Waals surface area (Å²) in [5.41, 5.74) is 2.19. The fraction of sp³-hybridized carbons (Fsp3) is 0.222. The molecule has 4 atom stereocenters. The Morgan fingerprint density at radius 3 is 2.49 bits per heavy atom. The third kappa shape index (κ3) is 2.96. The second-order valence-electron chi connectivity index (χ2n) is 8.72. The number of carbonyl (C=O) groups is 3. The van der Waals surface area contributed by atoms with E-state index in [-0.39, 0.29) is 17.5 Å². The second-order valence-corrected chi connectivity index (χ2v) is 8.72. The standard InChI is InChI=1S/C27H22N2O6/c1-33-16-9-10-18(20(14-16)34-2)29-26(31)21-22(27(29)32)24(25(30)19-8-5-13-35-19)28-12-11-15-6-3-4-7-17(15)23(21)28/h3-14,21-24H,1-2H3/t21-,22+,23+,24-/m0/s1. The molecule has 2 aromatic carbocycles. The van der Waals surface area contributed by atoms with Crippen LogP contribution in [0, 0.1) is 11.8 Å². The number of ketones is 1. The molecule has 4 heterocycles. The number of nitrogens with zero attached hydrogens (tertiary/aromatic N) is 2. The Morgan fingerprint density at radius 1 is 0.943 bits per heavy atom. The normalized spacial score (nSPS) is 24.3. The highest BCUT2D eigenvalue weighted by Gasteiger charge is 2.65. The van der Waals surface area contributed by atoms with Crippen LogP contribution >= 0.6 is 0 Å². The first-order valence-corrected chi connectivity index (χ1v) is 11.3. The summed E-state index contributed by atoms with van der Waals surface area (Å²) < 4.78 is 16.1. The van der Waals surface area contributed by atoms with Gasteiger partial charge in [0.15, 0.2) is 5.76 Å². The lowest BCUT2D eigenvalue weighted by Gasteiger charge is -2.35. The van der Waals surface area contributed by atoms with Crippen molar-refractivity contribution in [3.05, 3.63) is 83.9 Å². The summed E-state index contributed by atoms with van der Waals surface area (Å²) in [6.45, 7) is 0. The Balaban J connectivity index is 1.50. The molecule has 2 saturated heterocycles. The summed E-state index contributed by atoms with van der Waals surface area (Å²) in [5, 5.41) is 0. The predicted molar refractivity (Wildman–Crippen MR) is 126 cm³/mol. The van der Waals surface area contributed by atoms with Gasteiger partial charge in [-0.2, -0.15) is 0 Å². The van der Waals surface area contributed by atoms with Gasteiger partial charge in [0.05, 0.1) is 44.0 Å². The minimum absolute atomic E-state index is 0.155. The number of hydrogen-bond acceptors (Lipinski definition) is 7. The lowest BCUT2D eigenvalue weighted by atomic mass is 9.84. The number of furan rings is 1. The van der Waals surface area contributed by atoms with Crippen LogP contribution in [0.25, 0.3) is 6.08 Å². The number of ether oxygens (including phenoxy) is 2. The molecule has 35 heavy (non-hydrogen) atoms. The monoisotopic (exact) mass is 470 g/mol. The number of rotatable bonds is 5. The molecule has 176 valence electrons. The quantitative estimate of drug-likeness (QED) is 0.415. The van der Waals surface area contributed by atoms with Crippen molar-refractivity contribution in [2.24, 2.45) is 11.8 Å². The maximum atomic E-state index is 14.0. The highest BCUT2D eigenvalue weighted by molar-refractivity contribution is 6.25. The van der Waals surface area contributed by atoms with Crippen molar-refractivity contribution in [3.63, 3.8) is 0 Å². The number of carbonyl (C=O) groups excluding carboxylic acids is 3. The fourth-order valence-electron chi connectivity index (χ4n) is 5.63. The Morgan fingerprint density at radius 2 is 1.74 bits per heavy atom. The van der Waals surface area contributed by atoms with Gasteiger partial charge in [0.25, 0.3) is 0 Å². The molecule has 3 aliphatic heterocycles. The van der Waals surface area contributed by atoms with Crippen LogP contribution in [0.2, 0.25) is 0 Å². The van der Waals surface area contributed by atoms with Gasteiger partial charge in [-0.3, -0.25) is 14.4 Å². The van der Waals surface area contributed by atoms with Gasteiger partial charge in [0.1, 0.15) is 17.5 Å². The molecule has 6 rings (SSSR count). The van der Waals surface area contributed by atoms with E-state index in [4.69, 9.17) is 13.9 Å². The smallest absolute Gasteiger partial charge is 0.240 e. The molecule has 0 aliphatic carbocycles. The van der Waals surface area contributed by atoms with E-state index in [1.807, 2.05) is 41.4 Å². The van der Waals surface area contributed by atoms with Crippen LogP contribution in [0.5, 0.6) is 11.5 Å². The van der Waals surface area contributed by atoms with Crippen LogP contribution in [-0.4, -0.2) is 42.8 Å². The summed E-state index contributed by atoms with van der Waals surface area (Å²) in [4.78, 5) is 44.6. The Kier molecular flexibility index (Phi) is 4.77. The Hall–Kier alpha value is -4.33. The van der Waals surface area contributed by atoms with E-state index < -0.39 is 29.8 Å². The summed E-state index contributed by atoms with van der Waals surface area (Å²) >= 11 is 0. The molecule has 2 amide bonds. The van der Waals surface area contributed by atoms with Gasteiger partial charge in [0, 0.05) is 12.3 Å². The van der Waals surface area contributed by atoms with Crippen molar-refractivity contribution in [1.82, 2.24) is 4.90 Å². The molecular formula is C27H22N2O6. The number of imide groups is 1. The molecule has 3 aliphatic rings. The number of hydrogen-bond donors (Lipinski definition) is 0. The number of fused-ring (bicyclic) bond motifs is 5. The summed E-state index contributed by atoms with van der Waals surface area (Å²) in [6.07, 6.45) is 5.15. The molecule has 8 heteroatoms. The van der Waals surface area contributed by atoms with Gasteiger partial charge in [0.2, 0.25) is 17.6 Å². The first kappa shape index (κ1) is 21.2. The van der Waals surface area contributed by atoms with Crippen LogP contribution in [0.15, 0.2) is 71.5 Å². The van der Waals surface area contributed by atoms with Crippen molar-refractivity contribution in [1.29, 1.82) is 0 Å². The SMILES string of the molecule is COc1ccc(N2C(=O)[C@@H]3[C@H](C2=O)[C@H]2c4ccccc4C=CN2[C@@H]3C(=O)c2ccco2)c(OC)c1. The first-order chi connectivity index (χ1) is 17.0. The zero-order valence-corrected chi connectivity index (χ0v) is 19.1. The number of amides is 2. The number of Topliss-reactive ketones (excluding diaryl/α,β-unsaturated/α-hetero) is 1. The predicted octanol–water partition coefficient (Wildman–Crippen LogP) is 3.70. The van der Waals surface area contributed by atoms with Gasteiger partial charge in [-0.05, 0) is 41.5 Å². The summed E-state index contributed by atoms with van der Waals surface area (Å²) in [6, 6.07) is 14.5. The molecule has 8 nitrogen and oxygen atoms in total. The van der Waals surface area contributed by atoms with Crippen LogP contribution in [-0.2, 0) is 9.59 Å². The van der Waals surface area contributed by atoms with Crippen molar-refractivity contribution < 1.29 is 28.3 Å². The molecule has 1 aromatic heterocycles. The van der Waals surface area contributed by atoms with E-state index in [9.17, 15) is 14.4 Å². The molecule has 0 N–H and O–H groups in total. The molecule has 2 fully saturated rings. The van der Waals surface area contributed by atoms with Gasteiger partial charge in [-0.1, -0.05) is 24.3 Å². The van der Waals surface area contributed by atoms with E-state index in [2.05, 4.69) is 0 Å². The van der Waals surface area contributed by atoms with E-state index in [1.54, 1.807) is 30.3 Å². The summed E-state index contributed by atoms with van der Waals surface area (Å²) in [5.74, 6) is -1.73. The maximum absolute atomic E-state index is 14.0. The van der Waals surface area contributed by atoms with Crippen molar-refractivity contribution in [2.45, 2.75) is 12.1 Å². The van der Waals surface area contributed by atoms with Crippen LogP contribution in [0.4, 0.5) is 5.69 Å². The first-order valence-electron chi connectivity index (χ1n) is 11.3. The number of anilines is 1. The second kappa shape index (κ2) is 7.87. The highest BCUT2D eigenvalue weighted by atomic mass is 16.5. The van der Waals surface area contributed by atoms with E-state index >= 15 is 0 Å². The minimum atomic E-state index is -0.883. The van der Waals surface area contributed by atoms with Crippen LogP contribution in [0.3, 0.4) is 0 Å². The van der Waals surface area contributed by atoms with Crippen LogP contribution < -0.4 is 14.4 Å². The van der Waals surface area contributed by atoms with Crippen molar-refractivity contribution >= 4 is 29.4 Å². The lowest BCUT2D eigenvalue weighted by Crippen LogP contribution is -2.44. The molecule has 0 unspecified atom stereocenters. The Labute approximate surface area is 201 Å². The third-order valence-corrected chi connectivity index (χ3v) is 7.12. The molecule has 0 spiro atoms. The minimum Gasteiger partial charge on any atom is -0.497 e. The van der Waals surface area contributed by atoms with Gasteiger partial charge in [-0.25, -0.2) is 4.90 Å². The number of methoxy groups -OCH3 is 2. The van der Waals surface area contributed by atoms with E-state index in [0.717, 1.165) is 16.0 Å². The summed E-state index contributed by atoms with van der Waals surface area (Å²) in [7, 11) is 3.00. The number of benzene rings is 2. The lowest BCUT2D eigenvalue weighted by molar-refractivity contribution is -0.123. The average molecular weight is 470 g/mol. The zero-order chi connectivity index (χ0) is 24.3. The fourth-order valence-corrected chi connectivity index (χ4v) is 5.63. The van der Waals surface area contributed by atoms with Gasteiger partial charge in [-0.15, -0.1) is 0 Å². The molecule has 0 radical (unpaired) electrons. The largest absolute Gasteiger partial charge is 0.497 e. The van der Waals surface area contributed by atoms with E-state index in [0.29, 0.717) is 17.2 Å². The molecular weight excluding hydrogens is 448 g/mol.